The molecule has 0 aromatic heterocycles. The van der Waals surface area contributed by atoms with E-state index in [0.717, 1.165) is 23.3 Å². The van der Waals surface area contributed by atoms with Crippen LogP contribution < -0.4 is 15.4 Å². The average Bonchev–Trinajstić information content (AvgIpc) is 2.90. The second-order valence-electron chi connectivity index (χ2n) is 8.18. The molecule has 6 heteroatoms. The predicted octanol–water partition coefficient (Wildman–Crippen LogP) is 4.03. The third-order valence-corrected chi connectivity index (χ3v) is 5.72. The van der Waals surface area contributed by atoms with Crippen LogP contribution in [0.25, 0.3) is 0 Å². The van der Waals surface area contributed by atoms with Crippen molar-refractivity contribution in [2.45, 2.75) is 58.5 Å². The van der Waals surface area contributed by atoms with Crippen molar-refractivity contribution in [3.8, 4) is 11.5 Å². The summed E-state index contributed by atoms with van der Waals surface area (Å²) in [6, 6.07) is 24.6. The largest absolute Gasteiger partial charge is 0.508 e. The Morgan fingerprint density at radius 2 is 1.34 bits per heavy atom. The molecule has 0 radical (unpaired) electrons. The van der Waals surface area contributed by atoms with Gasteiger partial charge in [0.15, 0.2) is 0 Å². The fourth-order valence-electron chi connectivity index (χ4n) is 3.68. The summed E-state index contributed by atoms with van der Waals surface area (Å²) >= 11 is 0. The first-order chi connectivity index (χ1) is 17.1. The van der Waals surface area contributed by atoms with Gasteiger partial charge in [0.05, 0.1) is 19.3 Å². The number of rotatable bonds is 13. The van der Waals surface area contributed by atoms with Gasteiger partial charge < -0.3 is 30.7 Å². The van der Waals surface area contributed by atoms with E-state index in [-0.39, 0.29) is 37.2 Å². The Bertz CT molecular complexity index is 968. The van der Waals surface area contributed by atoms with Gasteiger partial charge in [0.1, 0.15) is 17.6 Å². The van der Waals surface area contributed by atoms with Gasteiger partial charge in [-0.05, 0) is 31.0 Å². The van der Waals surface area contributed by atoms with Crippen LogP contribution >= 0.6 is 0 Å². The molecule has 0 aliphatic heterocycles. The molecule has 3 rings (SSSR count). The molecule has 3 aromatic rings. The number of ether oxygens (including phenoxy) is 1. The highest BCUT2D eigenvalue weighted by molar-refractivity contribution is 5.34. The summed E-state index contributed by atoms with van der Waals surface area (Å²) < 4.78 is 6.21. The highest BCUT2D eigenvalue weighted by Gasteiger charge is 2.19. The van der Waals surface area contributed by atoms with Crippen LogP contribution in [-0.2, 0) is 19.5 Å². The molecule has 3 unspecified atom stereocenters. The number of hydrogen-bond donors (Lipinski definition) is 5. The first kappa shape index (κ1) is 28.3. The summed E-state index contributed by atoms with van der Waals surface area (Å²) in [6.45, 7) is 6.83. The van der Waals surface area contributed by atoms with Gasteiger partial charge in [-0.15, -0.1) is 0 Å². The molecule has 3 atom stereocenters. The molecule has 190 valence electrons. The van der Waals surface area contributed by atoms with E-state index in [4.69, 9.17) is 4.74 Å². The molecule has 3 aromatic carbocycles. The molecule has 0 bridgehead atoms. The normalized spacial score (nSPS) is 13.3. The smallest absolute Gasteiger partial charge is 0.124 e. The molecular weight excluding hydrogens is 440 g/mol. The van der Waals surface area contributed by atoms with Crippen LogP contribution in [0.2, 0.25) is 0 Å². The Hall–Kier alpha value is -2.90. The lowest BCUT2D eigenvalue weighted by Gasteiger charge is -2.26. The summed E-state index contributed by atoms with van der Waals surface area (Å²) in [5, 5.41) is 36.4. The van der Waals surface area contributed by atoms with Crippen LogP contribution in [-0.4, -0.2) is 46.7 Å². The third-order valence-electron chi connectivity index (χ3n) is 5.72. The molecule has 0 heterocycles. The number of para-hydroxylation sites is 2. The lowest BCUT2D eigenvalue weighted by molar-refractivity contribution is 0.119. The summed E-state index contributed by atoms with van der Waals surface area (Å²) in [4.78, 5) is 0. The monoisotopic (exact) mass is 480 g/mol. The van der Waals surface area contributed by atoms with E-state index in [2.05, 4.69) is 22.8 Å². The molecule has 0 spiro atoms. The molecule has 0 fully saturated rings. The highest BCUT2D eigenvalue weighted by Crippen LogP contribution is 2.21. The molecule has 0 saturated carbocycles. The number of phenolic OH excluding ortho intramolecular Hbond substituents is 1. The van der Waals surface area contributed by atoms with Crippen molar-refractivity contribution in [3.05, 3.63) is 95.6 Å². The van der Waals surface area contributed by atoms with E-state index < -0.39 is 0 Å². The fraction of sp³-hybridized carbons (Fsp3) is 0.379. The minimum atomic E-state index is -0.311. The summed E-state index contributed by atoms with van der Waals surface area (Å²) in [5.41, 5.74) is 2.91. The Kier molecular flexibility index (Phi) is 12.9. The molecule has 0 aliphatic carbocycles. The summed E-state index contributed by atoms with van der Waals surface area (Å²) in [7, 11) is 0. The summed E-state index contributed by atoms with van der Waals surface area (Å²) in [6.07, 6.45) is 0.430. The van der Waals surface area contributed by atoms with Crippen molar-refractivity contribution in [1.82, 2.24) is 10.6 Å². The number of benzene rings is 3. The van der Waals surface area contributed by atoms with Gasteiger partial charge in [-0.2, -0.15) is 0 Å². The number of hydrogen-bond acceptors (Lipinski definition) is 6. The maximum Gasteiger partial charge on any atom is 0.124 e. The van der Waals surface area contributed by atoms with Crippen molar-refractivity contribution in [3.63, 3.8) is 0 Å². The van der Waals surface area contributed by atoms with Crippen molar-refractivity contribution < 1.29 is 20.1 Å². The van der Waals surface area contributed by atoms with Crippen LogP contribution in [0.15, 0.2) is 78.9 Å². The Morgan fingerprint density at radius 3 is 2.00 bits per heavy atom. The second kappa shape index (κ2) is 15.9. The minimum Gasteiger partial charge on any atom is -0.508 e. The van der Waals surface area contributed by atoms with Gasteiger partial charge in [-0.25, -0.2) is 0 Å². The number of aromatic hydroxyl groups is 1. The van der Waals surface area contributed by atoms with Crippen molar-refractivity contribution in [2.75, 3.05) is 13.2 Å². The van der Waals surface area contributed by atoms with Crippen LogP contribution in [0.3, 0.4) is 0 Å². The van der Waals surface area contributed by atoms with Gasteiger partial charge in [-0.1, -0.05) is 80.6 Å². The first-order valence-electron chi connectivity index (χ1n) is 12.3. The van der Waals surface area contributed by atoms with Crippen molar-refractivity contribution >= 4 is 0 Å². The van der Waals surface area contributed by atoms with E-state index in [1.165, 1.54) is 5.56 Å². The number of aliphatic hydroxyl groups is 2. The van der Waals surface area contributed by atoms with Crippen LogP contribution in [0, 0.1) is 0 Å². The van der Waals surface area contributed by atoms with Gasteiger partial charge in [0.25, 0.3) is 0 Å². The minimum absolute atomic E-state index is 0.0388. The van der Waals surface area contributed by atoms with Crippen molar-refractivity contribution in [1.29, 1.82) is 0 Å². The quantitative estimate of drug-likeness (QED) is 0.254. The number of nitrogens with one attached hydrogen (secondary N) is 2. The standard InChI is InChI=1S/C27H34N2O4.C2H6/c1-20(25(19-31)29-16-22-11-5-7-13-26(22)32)33-27-14-8-6-12-23(27)17-28-24(18-30)15-21-9-3-2-4-10-21;1-2/h2-14,20,24-25,28-32H,15-19H2,1H3;1-2H3. The third kappa shape index (κ3) is 9.34. The Balaban J connectivity index is 0.00000210. The average molecular weight is 481 g/mol. The highest BCUT2D eigenvalue weighted by atomic mass is 16.5. The van der Waals surface area contributed by atoms with Crippen LogP contribution in [0.1, 0.15) is 37.5 Å². The van der Waals surface area contributed by atoms with E-state index in [1.807, 2.05) is 75.4 Å². The second-order valence-corrected chi connectivity index (χ2v) is 8.18. The van der Waals surface area contributed by atoms with Gasteiger partial charge in [0, 0.05) is 30.3 Å². The maximum absolute atomic E-state index is 9.97. The van der Waals surface area contributed by atoms with E-state index >= 15 is 0 Å². The maximum atomic E-state index is 9.97. The molecule has 0 aliphatic rings. The first-order valence-corrected chi connectivity index (χ1v) is 12.3. The van der Waals surface area contributed by atoms with Crippen LogP contribution in [0.4, 0.5) is 0 Å². The van der Waals surface area contributed by atoms with Crippen molar-refractivity contribution in [2.24, 2.45) is 0 Å². The van der Waals surface area contributed by atoms with E-state index in [9.17, 15) is 15.3 Å². The van der Waals surface area contributed by atoms with Gasteiger partial charge in [-0.3, -0.25) is 0 Å². The fourth-order valence-corrected chi connectivity index (χ4v) is 3.68. The zero-order valence-electron chi connectivity index (χ0n) is 21.0. The lowest BCUT2D eigenvalue weighted by atomic mass is 10.1. The zero-order chi connectivity index (χ0) is 25.5. The molecule has 6 nitrogen and oxygen atoms in total. The number of phenols is 1. The lowest BCUT2D eigenvalue weighted by Crippen LogP contribution is -2.44. The van der Waals surface area contributed by atoms with Gasteiger partial charge >= 0.3 is 0 Å². The van der Waals surface area contributed by atoms with E-state index in [0.29, 0.717) is 13.1 Å². The Labute approximate surface area is 209 Å². The molecule has 5 N–H and O–H groups in total. The number of aliphatic hydroxyl groups excluding tert-OH is 2. The molecule has 0 amide bonds. The topological polar surface area (TPSA) is 94.0 Å². The molecular formula is C29H40N2O4. The Morgan fingerprint density at radius 1 is 0.743 bits per heavy atom. The van der Waals surface area contributed by atoms with Crippen LogP contribution in [0.5, 0.6) is 11.5 Å². The molecule has 35 heavy (non-hydrogen) atoms. The summed E-state index contributed by atoms with van der Waals surface area (Å²) in [5.74, 6) is 0.956. The van der Waals surface area contributed by atoms with Gasteiger partial charge in [0.2, 0.25) is 0 Å². The zero-order valence-corrected chi connectivity index (χ0v) is 21.0. The predicted molar refractivity (Wildman–Crippen MR) is 142 cm³/mol. The SMILES string of the molecule is CC.CC(Oc1ccccc1CNC(CO)Cc1ccccc1)C(CO)NCc1ccccc1O. The molecule has 0 saturated heterocycles. The van der Waals surface area contributed by atoms with E-state index in [1.54, 1.807) is 12.1 Å².